The smallest absolute Gasteiger partial charge is 0.267 e. The molecule has 0 spiro atoms. The standard InChI is InChI=1S/C13H15ClN2OS/c1-2-3-6-16-13(17)10(9-14)8-11(15-16)12-5-4-7-18-12/h4-5,7-8H,2-3,6,9H2,1H3. The van der Waals surface area contributed by atoms with Gasteiger partial charge in [0.25, 0.3) is 5.56 Å². The van der Waals surface area contributed by atoms with E-state index in [9.17, 15) is 4.79 Å². The largest absolute Gasteiger partial charge is 0.271 e. The van der Waals surface area contributed by atoms with Gasteiger partial charge in [-0.05, 0) is 23.9 Å². The highest BCUT2D eigenvalue weighted by Crippen LogP contribution is 2.22. The second kappa shape index (κ2) is 6.16. The molecule has 18 heavy (non-hydrogen) atoms. The summed E-state index contributed by atoms with van der Waals surface area (Å²) in [6.07, 6.45) is 1.98. The van der Waals surface area contributed by atoms with Crippen molar-refractivity contribution in [3.05, 3.63) is 39.5 Å². The fourth-order valence-electron chi connectivity index (χ4n) is 1.70. The van der Waals surface area contributed by atoms with E-state index in [1.54, 1.807) is 17.4 Å². The van der Waals surface area contributed by atoms with Gasteiger partial charge >= 0.3 is 0 Å². The fraction of sp³-hybridized carbons (Fsp3) is 0.385. The summed E-state index contributed by atoms with van der Waals surface area (Å²) in [5, 5.41) is 6.42. The zero-order valence-corrected chi connectivity index (χ0v) is 11.8. The van der Waals surface area contributed by atoms with Gasteiger partial charge in [0.1, 0.15) is 5.69 Å². The zero-order chi connectivity index (χ0) is 13.0. The van der Waals surface area contributed by atoms with Gasteiger partial charge in [-0.15, -0.1) is 22.9 Å². The number of alkyl halides is 1. The van der Waals surface area contributed by atoms with Crippen molar-refractivity contribution in [1.82, 2.24) is 9.78 Å². The summed E-state index contributed by atoms with van der Waals surface area (Å²) in [6, 6.07) is 5.77. The topological polar surface area (TPSA) is 34.9 Å². The molecule has 0 aliphatic carbocycles. The fourth-order valence-corrected chi connectivity index (χ4v) is 2.57. The number of rotatable bonds is 5. The van der Waals surface area contributed by atoms with Crippen molar-refractivity contribution in [1.29, 1.82) is 0 Å². The molecule has 0 unspecified atom stereocenters. The average molecular weight is 283 g/mol. The summed E-state index contributed by atoms with van der Waals surface area (Å²) in [4.78, 5) is 13.1. The third-order valence-corrected chi connectivity index (χ3v) is 3.87. The van der Waals surface area contributed by atoms with E-state index in [2.05, 4.69) is 12.0 Å². The van der Waals surface area contributed by atoms with E-state index in [1.165, 1.54) is 4.68 Å². The molecule has 0 radical (unpaired) electrons. The number of aromatic nitrogens is 2. The Morgan fingerprint density at radius 2 is 2.33 bits per heavy atom. The van der Waals surface area contributed by atoms with E-state index >= 15 is 0 Å². The monoisotopic (exact) mass is 282 g/mol. The molecular formula is C13H15ClN2OS. The first-order valence-electron chi connectivity index (χ1n) is 5.97. The maximum Gasteiger partial charge on any atom is 0.271 e. The Hall–Kier alpha value is -1.13. The van der Waals surface area contributed by atoms with Crippen LogP contribution in [0, 0.1) is 0 Å². The highest BCUT2D eigenvalue weighted by atomic mass is 35.5. The Bertz CT molecular complexity index is 563. The van der Waals surface area contributed by atoms with Gasteiger partial charge in [-0.3, -0.25) is 4.79 Å². The minimum absolute atomic E-state index is 0.0706. The molecule has 0 saturated carbocycles. The third kappa shape index (κ3) is 2.82. The maximum absolute atomic E-state index is 12.0. The number of thiophene rings is 1. The van der Waals surface area contributed by atoms with Crippen LogP contribution in [-0.4, -0.2) is 9.78 Å². The normalized spacial score (nSPS) is 10.8. The van der Waals surface area contributed by atoms with Gasteiger partial charge in [0.15, 0.2) is 0 Å². The molecule has 2 aromatic heterocycles. The zero-order valence-electron chi connectivity index (χ0n) is 10.2. The molecule has 96 valence electrons. The summed E-state index contributed by atoms with van der Waals surface area (Å²) in [7, 11) is 0. The lowest BCUT2D eigenvalue weighted by Crippen LogP contribution is -2.26. The van der Waals surface area contributed by atoms with E-state index in [-0.39, 0.29) is 11.4 Å². The number of nitrogens with zero attached hydrogens (tertiary/aromatic N) is 2. The molecule has 0 saturated heterocycles. The first kappa shape index (κ1) is 13.3. The average Bonchev–Trinajstić information content (AvgIpc) is 2.91. The first-order valence-corrected chi connectivity index (χ1v) is 7.38. The molecule has 3 nitrogen and oxygen atoms in total. The molecule has 5 heteroatoms. The van der Waals surface area contributed by atoms with E-state index in [1.807, 2.05) is 17.5 Å². The molecular weight excluding hydrogens is 268 g/mol. The van der Waals surface area contributed by atoms with Gasteiger partial charge in [-0.2, -0.15) is 5.10 Å². The Morgan fingerprint density at radius 3 is 2.94 bits per heavy atom. The van der Waals surface area contributed by atoms with Crippen LogP contribution in [0.3, 0.4) is 0 Å². The highest BCUT2D eigenvalue weighted by molar-refractivity contribution is 7.13. The number of aryl methyl sites for hydroxylation is 1. The van der Waals surface area contributed by atoms with E-state index in [0.29, 0.717) is 12.1 Å². The van der Waals surface area contributed by atoms with Crippen molar-refractivity contribution in [2.75, 3.05) is 0 Å². The first-order chi connectivity index (χ1) is 8.76. The van der Waals surface area contributed by atoms with E-state index < -0.39 is 0 Å². The summed E-state index contributed by atoms with van der Waals surface area (Å²) in [5.41, 5.74) is 1.38. The van der Waals surface area contributed by atoms with Crippen LogP contribution < -0.4 is 5.56 Å². The van der Waals surface area contributed by atoms with Crippen LogP contribution in [-0.2, 0) is 12.4 Å². The molecule has 2 rings (SSSR count). The van der Waals surface area contributed by atoms with Gasteiger partial charge in [0, 0.05) is 12.1 Å². The van der Waals surface area contributed by atoms with Crippen LogP contribution in [0.1, 0.15) is 25.3 Å². The lowest BCUT2D eigenvalue weighted by Gasteiger charge is -2.08. The SMILES string of the molecule is CCCCn1nc(-c2cccs2)cc(CCl)c1=O. The highest BCUT2D eigenvalue weighted by Gasteiger charge is 2.09. The van der Waals surface area contributed by atoms with E-state index in [4.69, 9.17) is 11.6 Å². The van der Waals surface area contributed by atoms with Crippen molar-refractivity contribution in [2.45, 2.75) is 32.2 Å². The van der Waals surface area contributed by atoms with Gasteiger partial charge < -0.3 is 0 Å². The summed E-state index contributed by atoms with van der Waals surface area (Å²) >= 11 is 7.45. The minimum Gasteiger partial charge on any atom is -0.267 e. The number of hydrogen-bond donors (Lipinski definition) is 0. The predicted octanol–water partition coefficient (Wildman–Crippen LogP) is 3.51. The molecule has 0 amide bonds. The van der Waals surface area contributed by atoms with Gasteiger partial charge in [0.05, 0.1) is 10.8 Å². The molecule has 0 aliphatic heterocycles. The predicted molar refractivity (Wildman–Crippen MR) is 76.3 cm³/mol. The molecule has 0 atom stereocenters. The van der Waals surface area contributed by atoms with Crippen LogP contribution in [0.4, 0.5) is 0 Å². The third-order valence-electron chi connectivity index (χ3n) is 2.69. The Kier molecular flexibility index (Phi) is 4.55. The number of hydrogen-bond acceptors (Lipinski definition) is 3. The van der Waals surface area contributed by atoms with Crippen LogP contribution >= 0.6 is 22.9 Å². The van der Waals surface area contributed by atoms with Crippen LogP contribution in [0.5, 0.6) is 0 Å². The molecule has 0 fully saturated rings. The number of unbranched alkanes of at least 4 members (excludes halogenated alkanes) is 1. The van der Waals surface area contributed by atoms with Crippen molar-refractivity contribution in [2.24, 2.45) is 0 Å². The second-order valence-electron chi connectivity index (χ2n) is 4.05. The Labute approximate surface area is 115 Å². The van der Waals surface area contributed by atoms with Crippen LogP contribution in [0.25, 0.3) is 10.6 Å². The van der Waals surface area contributed by atoms with Gasteiger partial charge in [-0.25, -0.2) is 4.68 Å². The Morgan fingerprint density at radius 1 is 1.50 bits per heavy atom. The van der Waals surface area contributed by atoms with Crippen molar-refractivity contribution >= 4 is 22.9 Å². The van der Waals surface area contributed by atoms with Gasteiger partial charge in [-0.1, -0.05) is 19.4 Å². The summed E-state index contributed by atoms with van der Waals surface area (Å²) < 4.78 is 1.54. The lowest BCUT2D eigenvalue weighted by molar-refractivity contribution is 0.542. The van der Waals surface area contributed by atoms with Crippen LogP contribution in [0.15, 0.2) is 28.4 Å². The Balaban J connectivity index is 2.46. The molecule has 2 heterocycles. The minimum atomic E-state index is -0.0706. The van der Waals surface area contributed by atoms with E-state index in [0.717, 1.165) is 23.4 Å². The summed E-state index contributed by atoms with van der Waals surface area (Å²) in [6.45, 7) is 2.75. The van der Waals surface area contributed by atoms with Crippen molar-refractivity contribution in [3.8, 4) is 10.6 Å². The molecule has 2 aromatic rings. The molecule has 0 aliphatic rings. The van der Waals surface area contributed by atoms with Gasteiger partial charge in [0.2, 0.25) is 0 Å². The quantitative estimate of drug-likeness (QED) is 0.787. The molecule has 0 N–H and O–H groups in total. The molecule has 0 aromatic carbocycles. The van der Waals surface area contributed by atoms with Crippen LogP contribution in [0.2, 0.25) is 0 Å². The summed E-state index contributed by atoms with van der Waals surface area (Å²) in [5.74, 6) is 0.228. The molecule has 0 bridgehead atoms. The van der Waals surface area contributed by atoms with Crippen molar-refractivity contribution < 1.29 is 0 Å². The van der Waals surface area contributed by atoms with Crippen molar-refractivity contribution in [3.63, 3.8) is 0 Å². The number of halogens is 1. The lowest BCUT2D eigenvalue weighted by atomic mass is 10.2. The second-order valence-corrected chi connectivity index (χ2v) is 5.26. The maximum atomic E-state index is 12.0.